The van der Waals surface area contributed by atoms with Gasteiger partial charge in [-0.2, -0.15) is 0 Å². The Morgan fingerprint density at radius 2 is 1.76 bits per heavy atom. The first-order valence-electron chi connectivity index (χ1n) is 12.6. The monoisotopic (exact) mass is 555 g/mol. The van der Waals surface area contributed by atoms with Crippen molar-refractivity contribution < 1.29 is 17.9 Å². The molecule has 0 spiro atoms. The predicted octanol–water partition coefficient (Wildman–Crippen LogP) is 5.28. The normalized spacial score (nSPS) is 16.3. The van der Waals surface area contributed by atoms with Gasteiger partial charge < -0.3 is 15.4 Å². The molecule has 7 nitrogen and oxygen atoms in total. The topological polar surface area (TPSA) is 96.5 Å². The molecule has 9 heteroatoms. The third-order valence-corrected chi connectivity index (χ3v) is 8.03. The second kappa shape index (κ2) is 11.9. The highest BCUT2D eigenvalue weighted by molar-refractivity contribution is 7.89. The van der Waals surface area contributed by atoms with Gasteiger partial charge in [-0.05, 0) is 62.2 Å². The first kappa shape index (κ1) is 28.1. The van der Waals surface area contributed by atoms with Gasteiger partial charge in [0.25, 0.3) is 0 Å². The molecule has 3 N–H and O–H groups in total. The van der Waals surface area contributed by atoms with E-state index in [0.29, 0.717) is 30.2 Å². The number of benzene rings is 3. The molecule has 0 radical (unpaired) electrons. The Bertz CT molecular complexity index is 1360. The summed E-state index contributed by atoms with van der Waals surface area (Å²) in [5.41, 5.74) is 2.72. The fourth-order valence-electron chi connectivity index (χ4n) is 4.28. The van der Waals surface area contributed by atoms with Crippen molar-refractivity contribution in [3.8, 4) is 5.75 Å². The van der Waals surface area contributed by atoms with Crippen molar-refractivity contribution in [3.05, 3.63) is 94.5 Å². The van der Waals surface area contributed by atoms with Crippen molar-refractivity contribution in [1.29, 1.82) is 0 Å². The summed E-state index contributed by atoms with van der Waals surface area (Å²) in [5.74, 6) is 0.506. The van der Waals surface area contributed by atoms with Crippen LogP contribution in [0.5, 0.6) is 5.75 Å². The molecule has 0 saturated heterocycles. The van der Waals surface area contributed by atoms with Crippen molar-refractivity contribution in [3.63, 3.8) is 0 Å². The van der Waals surface area contributed by atoms with Gasteiger partial charge in [-0.15, -0.1) is 0 Å². The molecular weight excluding hydrogens is 522 g/mol. The SMILES string of the molecule is CC(C)(C)NCc1ccc2c(c1)OCC[C@H]2NC(=O)C[C@@H](NS(=O)(=O)c1ccc(Cl)cc1)c1ccccc1. The van der Waals surface area contributed by atoms with Gasteiger partial charge in [-0.1, -0.05) is 54.1 Å². The minimum atomic E-state index is -3.89. The Balaban J connectivity index is 1.48. The van der Waals surface area contributed by atoms with E-state index in [-0.39, 0.29) is 28.8 Å². The zero-order chi connectivity index (χ0) is 27.3. The van der Waals surface area contributed by atoms with Gasteiger partial charge in [0.2, 0.25) is 15.9 Å². The smallest absolute Gasteiger partial charge is 0.241 e. The fourth-order valence-corrected chi connectivity index (χ4v) is 5.63. The third kappa shape index (κ3) is 7.57. The summed E-state index contributed by atoms with van der Waals surface area (Å²) in [6.45, 7) is 7.55. The Hall–Kier alpha value is -2.91. The molecule has 38 heavy (non-hydrogen) atoms. The summed E-state index contributed by atoms with van der Waals surface area (Å²) in [7, 11) is -3.89. The minimum Gasteiger partial charge on any atom is -0.493 e. The maximum atomic E-state index is 13.2. The lowest BCUT2D eigenvalue weighted by atomic mass is 9.97. The number of hydrogen-bond donors (Lipinski definition) is 3. The standard InChI is InChI=1S/C29H34ClN3O4S/c1-29(2,3)31-19-20-9-14-24-25(15-16-37-27(24)17-20)32-28(34)18-26(21-7-5-4-6-8-21)33-38(35,36)23-12-10-22(30)11-13-23/h4-14,17,25-26,31,33H,15-16,18-19H2,1-3H3,(H,32,34)/t25-,26-/m1/s1. The number of ether oxygens (including phenoxy) is 1. The molecule has 0 bridgehead atoms. The molecule has 0 saturated carbocycles. The molecule has 0 fully saturated rings. The Morgan fingerprint density at radius 3 is 2.45 bits per heavy atom. The Kier molecular flexibility index (Phi) is 8.78. The molecule has 1 heterocycles. The molecule has 1 aliphatic heterocycles. The molecule has 3 aromatic rings. The van der Waals surface area contributed by atoms with Crippen LogP contribution in [0.15, 0.2) is 77.7 Å². The van der Waals surface area contributed by atoms with Gasteiger partial charge >= 0.3 is 0 Å². The summed E-state index contributed by atoms with van der Waals surface area (Å²) < 4.78 is 34.8. The van der Waals surface area contributed by atoms with Gasteiger partial charge in [0, 0.05) is 35.5 Å². The fraction of sp³-hybridized carbons (Fsp3) is 0.345. The third-order valence-electron chi connectivity index (χ3n) is 6.29. The lowest BCUT2D eigenvalue weighted by Gasteiger charge is -2.28. The molecule has 0 unspecified atom stereocenters. The summed E-state index contributed by atoms with van der Waals surface area (Å²) in [6.07, 6.45) is 0.571. The number of halogens is 1. The van der Waals surface area contributed by atoms with Crippen LogP contribution in [0.3, 0.4) is 0 Å². The van der Waals surface area contributed by atoms with Crippen LogP contribution in [0.2, 0.25) is 5.02 Å². The highest BCUT2D eigenvalue weighted by Gasteiger charge is 2.27. The summed E-state index contributed by atoms with van der Waals surface area (Å²) >= 11 is 5.92. The lowest BCUT2D eigenvalue weighted by molar-refractivity contribution is -0.122. The molecule has 202 valence electrons. The van der Waals surface area contributed by atoms with E-state index in [4.69, 9.17) is 16.3 Å². The van der Waals surface area contributed by atoms with Crippen LogP contribution in [0.1, 0.15) is 62.4 Å². The van der Waals surface area contributed by atoms with Gasteiger partial charge in [0.1, 0.15) is 5.75 Å². The van der Waals surface area contributed by atoms with Crippen LogP contribution >= 0.6 is 11.6 Å². The summed E-state index contributed by atoms with van der Waals surface area (Å²) in [6, 6.07) is 20.1. The molecule has 0 aromatic heterocycles. The van der Waals surface area contributed by atoms with Crippen LogP contribution < -0.4 is 20.1 Å². The van der Waals surface area contributed by atoms with Gasteiger partial charge in [0.15, 0.2) is 0 Å². The number of nitrogens with one attached hydrogen (secondary N) is 3. The van der Waals surface area contributed by atoms with Crippen molar-refractivity contribution in [2.24, 2.45) is 0 Å². The van der Waals surface area contributed by atoms with Crippen LogP contribution in [0, 0.1) is 0 Å². The van der Waals surface area contributed by atoms with Crippen LogP contribution in [0.4, 0.5) is 0 Å². The maximum Gasteiger partial charge on any atom is 0.241 e. The average molecular weight is 556 g/mol. The minimum absolute atomic E-state index is 0.00234. The first-order valence-corrected chi connectivity index (χ1v) is 14.5. The van der Waals surface area contributed by atoms with E-state index in [9.17, 15) is 13.2 Å². The van der Waals surface area contributed by atoms with Gasteiger partial charge in [-0.25, -0.2) is 13.1 Å². The van der Waals surface area contributed by atoms with Crippen molar-refractivity contribution in [2.45, 2.75) is 62.7 Å². The van der Waals surface area contributed by atoms with E-state index in [0.717, 1.165) is 16.9 Å². The number of hydrogen-bond acceptors (Lipinski definition) is 5. The number of carbonyl (C=O) groups excluding carboxylic acids is 1. The van der Waals surface area contributed by atoms with E-state index in [2.05, 4.69) is 36.1 Å². The maximum absolute atomic E-state index is 13.2. The highest BCUT2D eigenvalue weighted by Crippen LogP contribution is 2.33. The molecular formula is C29H34ClN3O4S. The van der Waals surface area contributed by atoms with Crippen LogP contribution in [-0.4, -0.2) is 26.5 Å². The second-order valence-electron chi connectivity index (χ2n) is 10.5. The largest absolute Gasteiger partial charge is 0.493 e. The number of carbonyl (C=O) groups is 1. The van der Waals surface area contributed by atoms with Crippen molar-refractivity contribution >= 4 is 27.5 Å². The molecule has 2 atom stereocenters. The molecule has 4 rings (SSSR count). The summed E-state index contributed by atoms with van der Waals surface area (Å²) in [4.78, 5) is 13.3. The van der Waals surface area contributed by atoms with E-state index in [1.807, 2.05) is 36.4 Å². The zero-order valence-corrected chi connectivity index (χ0v) is 23.4. The lowest BCUT2D eigenvalue weighted by Crippen LogP contribution is -2.37. The summed E-state index contributed by atoms with van der Waals surface area (Å²) in [5, 5.41) is 7.01. The quantitative estimate of drug-likeness (QED) is 0.334. The highest BCUT2D eigenvalue weighted by atomic mass is 35.5. The number of fused-ring (bicyclic) bond motifs is 1. The molecule has 3 aromatic carbocycles. The van der Waals surface area contributed by atoms with Crippen LogP contribution in [-0.2, 0) is 21.4 Å². The average Bonchev–Trinajstić information content (AvgIpc) is 2.87. The van der Waals surface area contributed by atoms with Gasteiger partial charge in [0.05, 0.1) is 23.6 Å². The van der Waals surface area contributed by atoms with E-state index >= 15 is 0 Å². The van der Waals surface area contributed by atoms with E-state index in [1.165, 1.54) is 24.3 Å². The number of amides is 1. The van der Waals surface area contributed by atoms with Crippen molar-refractivity contribution in [2.75, 3.05) is 6.61 Å². The molecule has 0 aliphatic carbocycles. The Labute approximate surface area is 230 Å². The molecule has 1 aliphatic rings. The van der Waals surface area contributed by atoms with E-state index in [1.54, 1.807) is 12.1 Å². The van der Waals surface area contributed by atoms with Crippen molar-refractivity contribution in [1.82, 2.24) is 15.4 Å². The second-order valence-corrected chi connectivity index (χ2v) is 12.6. The first-order chi connectivity index (χ1) is 18.0. The van der Waals surface area contributed by atoms with E-state index < -0.39 is 16.1 Å². The number of sulfonamides is 1. The van der Waals surface area contributed by atoms with Crippen LogP contribution in [0.25, 0.3) is 0 Å². The molecule has 1 amide bonds. The van der Waals surface area contributed by atoms with Gasteiger partial charge in [-0.3, -0.25) is 4.79 Å². The predicted molar refractivity (Wildman–Crippen MR) is 150 cm³/mol. The Morgan fingerprint density at radius 1 is 1.05 bits per heavy atom. The zero-order valence-electron chi connectivity index (χ0n) is 21.8. The number of rotatable bonds is 9.